The fourth-order valence-electron chi connectivity index (χ4n) is 3.24. The summed E-state index contributed by atoms with van der Waals surface area (Å²) in [5, 5.41) is 3.29. The predicted molar refractivity (Wildman–Crippen MR) is 71.3 cm³/mol. The van der Waals surface area contributed by atoms with Gasteiger partial charge in [0.15, 0.2) is 11.6 Å². The summed E-state index contributed by atoms with van der Waals surface area (Å²) >= 11 is 0. The first-order valence-corrected chi connectivity index (χ1v) is 6.87. The zero-order chi connectivity index (χ0) is 14.0. The Morgan fingerprint density at radius 3 is 2.58 bits per heavy atom. The van der Waals surface area contributed by atoms with Gasteiger partial charge in [-0.3, -0.25) is 0 Å². The van der Waals surface area contributed by atoms with Crippen LogP contribution in [0.2, 0.25) is 0 Å². The smallest absolute Gasteiger partial charge is 0.200 e. The summed E-state index contributed by atoms with van der Waals surface area (Å²) in [7, 11) is 1.93. The molecule has 0 heterocycles. The number of halogens is 2. The van der Waals surface area contributed by atoms with Crippen molar-refractivity contribution in [3.8, 4) is 5.75 Å². The van der Waals surface area contributed by atoms with Crippen LogP contribution in [0.4, 0.5) is 8.78 Å². The van der Waals surface area contributed by atoms with Crippen molar-refractivity contribution in [2.24, 2.45) is 5.41 Å². The molecule has 2 nitrogen and oxygen atoms in total. The monoisotopic (exact) mass is 269 g/mol. The minimum atomic E-state index is -0.892. The largest absolute Gasteiger partial charge is 0.487 e. The molecule has 2 unspecified atom stereocenters. The quantitative estimate of drug-likeness (QED) is 0.883. The highest BCUT2D eigenvalue weighted by Gasteiger charge is 2.53. The highest BCUT2D eigenvalue weighted by Crippen LogP contribution is 2.49. The van der Waals surface area contributed by atoms with Gasteiger partial charge in [-0.1, -0.05) is 19.9 Å². The molecule has 2 atom stereocenters. The lowest BCUT2D eigenvalue weighted by Gasteiger charge is -2.55. The first-order valence-electron chi connectivity index (χ1n) is 6.87. The lowest BCUT2D eigenvalue weighted by atomic mass is 9.58. The van der Waals surface area contributed by atoms with Crippen LogP contribution >= 0.6 is 0 Å². The molecule has 0 amide bonds. The molecule has 1 aromatic carbocycles. The van der Waals surface area contributed by atoms with Gasteiger partial charge in [-0.05, 0) is 32.0 Å². The molecule has 0 spiro atoms. The normalized spacial score (nSPS) is 24.9. The highest BCUT2D eigenvalue weighted by molar-refractivity contribution is 5.26. The van der Waals surface area contributed by atoms with Gasteiger partial charge in [0.05, 0.1) is 0 Å². The van der Waals surface area contributed by atoms with Gasteiger partial charge in [0.2, 0.25) is 5.82 Å². The molecule has 1 saturated carbocycles. The van der Waals surface area contributed by atoms with Gasteiger partial charge in [-0.2, -0.15) is 4.39 Å². The third kappa shape index (κ3) is 2.22. The van der Waals surface area contributed by atoms with E-state index in [0.29, 0.717) is 6.04 Å². The first kappa shape index (κ1) is 14.3. The first-order chi connectivity index (χ1) is 9.08. The summed E-state index contributed by atoms with van der Waals surface area (Å²) in [6.45, 7) is 4.23. The molecular formula is C15H21F2NO. The van der Waals surface area contributed by atoms with Crippen LogP contribution < -0.4 is 10.1 Å². The van der Waals surface area contributed by atoms with Crippen LogP contribution in [0.1, 0.15) is 33.1 Å². The summed E-state index contributed by atoms with van der Waals surface area (Å²) in [6.07, 6.45) is 2.68. The summed E-state index contributed by atoms with van der Waals surface area (Å²) in [5.74, 6) is -1.73. The third-order valence-electron chi connectivity index (χ3n) is 4.64. The molecule has 1 aliphatic rings. The van der Waals surface area contributed by atoms with Gasteiger partial charge in [0, 0.05) is 17.9 Å². The lowest BCUT2D eigenvalue weighted by Crippen LogP contribution is -2.63. The molecule has 1 aliphatic carbocycles. The average Bonchev–Trinajstić information content (AvgIpc) is 2.40. The van der Waals surface area contributed by atoms with Crippen LogP contribution in [0.3, 0.4) is 0 Å². The molecule has 0 saturated heterocycles. The van der Waals surface area contributed by atoms with E-state index >= 15 is 0 Å². The maximum absolute atomic E-state index is 13.6. The molecule has 0 bridgehead atoms. The minimum Gasteiger partial charge on any atom is -0.487 e. The van der Waals surface area contributed by atoms with Crippen LogP contribution in [0, 0.1) is 17.0 Å². The molecule has 1 fully saturated rings. The maximum atomic E-state index is 13.6. The number of benzene rings is 1. The second-order valence-corrected chi connectivity index (χ2v) is 5.18. The SMILES string of the molecule is CCC1(CC)C(NC)CC1Oc1cccc(F)c1F. The zero-order valence-electron chi connectivity index (χ0n) is 11.7. The van der Waals surface area contributed by atoms with E-state index in [-0.39, 0.29) is 17.3 Å². The van der Waals surface area contributed by atoms with E-state index in [4.69, 9.17) is 4.74 Å². The minimum absolute atomic E-state index is 0.00745. The fraction of sp³-hybridized carbons (Fsp3) is 0.600. The van der Waals surface area contributed by atoms with Gasteiger partial charge in [0.25, 0.3) is 0 Å². The van der Waals surface area contributed by atoms with Crippen LogP contribution in [0.25, 0.3) is 0 Å². The van der Waals surface area contributed by atoms with Crippen LogP contribution in [-0.4, -0.2) is 19.2 Å². The second-order valence-electron chi connectivity index (χ2n) is 5.18. The van der Waals surface area contributed by atoms with E-state index in [1.54, 1.807) is 0 Å². The zero-order valence-corrected chi connectivity index (χ0v) is 11.7. The average molecular weight is 269 g/mol. The molecule has 2 rings (SSSR count). The van der Waals surface area contributed by atoms with Crippen molar-refractivity contribution in [3.05, 3.63) is 29.8 Å². The molecule has 0 radical (unpaired) electrons. The topological polar surface area (TPSA) is 21.3 Å². The van der Waals surface area contributed by atoms with Gasteiger partial charge in [-0.25, -0.2) is 4.39 Å². The lowest BCUT2D eigenvalue weighted by molar-refractivity contribution is -0.0851. The Labute approximate surface area is 113 Å². The predicted octanol–water partition coefficient (Wildman–Crippen LogP) is 3.51. The Kier molecular flexibility index (Phi) is 4.09. The van der Waals surface area contributed by atoms with Crippen molar-refractivity contribution in [2.45, 2.75) is 45.3 Å². The number of nitrogens with one attached hydrogen (secondary N) is 1. The third-order valence-corrected chi connectivity index (χ3v) is 4.64. The number of ether oxygens (including phenoxy) is 1. The molecule has 4 heteroatoms. The molecule has 19 heavy (non-hydrogen) atoms. The Morgan fingerprint density at radius 1 is 1.32 bits per heavy atom. The Bertz CT molecular complexity index is 446. The van der Waals surface area contributed by atoms with E-state index in [1.807, 2.05) is 7.05 Å². The maximum Gasteiger partial charge on any atom is 0.200 e. The van der Waals surface area contributed by atoms with Crippen molar-refractivity contribution < 1.29 is 13.5 Å². The number of rotatable bonds is 5. The van der Waals surface area contributed by atoms with E-state index in [9.17, 15) is 8.78 Å². The van der Waals surface area contributed by atoms with Crippen molar-refractivity contribution in [1.82, 2.24) is 5.32 Å². The van der Waals surface area contributed by atoms with Crippen molar-refractivity contribution >= 4 is 0 Å². The Hall–Kier alpha value is -1.16. The summed E-state index contributed by atoms with van der Waals surface area (Å²) in [4.78, 5) is 0. The highest BCUT2D eigenvalue weighted by atomic mass is 19.2. The number of hydrogen-bond donors (Lipinski definition) is 1. The fourth-order valence-corrected chi connectivity index (χ4v) is 3.24. The van der Waals surface area contributed by atoms with Crippen molar-refractivity contribution in [1.29, 1.82) is 0 Å². The second kappa shape index (κ2) is 5.45. The van der Waals surface area contributed by atoms with E-state index in [1.165, 1.54) is 12.1 Å². The molecule has 0 aromatic heterocycles. The standard InChI is InChI=1S/C15H21F2NO/c1-4-15(5-2)12(18-3)9-13(15)19-11-8-6-7-10(16)14(11)17/h6-8,12-13,18H,4-5,9H2,1-3H3. The Balaban J connectivity index is 2.18. The number of hydrogen-bond acceptors (Lipinski definition) is 2. The summed E-state index contributed by atoms with van der Waals surface area (Å²) in [5.41, 5.74) is 0.00745. The molecular weight excluding hydrogens is 248 g/mol. The van der Waals surface area contributed by atoms with Crippen LogP contribution in [0.15, 0.2) is 18.2 Å². The molecule has 1 N–H and O–H groups in total. The van der Waals surface area contributed by atoms with Crippen molar-refractivity contribution in [2.75, 3.05) is 7.05 Å². The van der Waals surface area contributed by atoms with E-state index < -0.39 is 11.6 Å². The van der Waals surface area contributed by atoms with Crippen molar-refractivity contribution in [3.63, 3.8) is 0 Å². The molecule has 1 aromatic rings. The molecule has 106 valence electrons. The van der Waals surface area contributed by atoms with Gasteiger partial charge in [-0.15, -0.1) is 0 Å². The van der Waals surface area contributed by atoms with Gasteiger partial charge >= 0.3 is 0 Å². The molecule has 0 aliphatic heterocycles. The van der Waals surface area contributed by atoms with Crippen LogP contribution in [0.5, 0.6) is 5.75 Å². The van der Waals surface area contributed by atoms with Gasteiger partial charge in [0.1, 0.15) is 6.10 Å². The summed E-state index contributed by atoms with van der Waals surface area (Å²) in [6, 6.07) is 4.44. The van der Waals surface area contributed by atoms with Gasteiger partial charge < -0.3 is 10.1 Å². The van der Waals surface area contributed by atoms with E-state index in [0.717, 1.165) is 25.3 Å². The summed E-state index contributed by atoms with van der Waals surface area (Å²) < 4.78 is 32.6. The van der Waals surface area contributed by atoms with E-state index in [2.05, 4.69) is 19.2 Å². The Morgan fingerprint density at radius 2 is 2.00 bits per heavy atom. The van der Waals surface area contributed by atoms with Crippen LogP contribution in [-0.2, 0) is 0 Å².